The van der Waals surface area contributed by atoms with Crippen molar-refractivity contribution < 1.29 is 9.59 Å². The minimum Gasteiger partial charge on any atom is -0.339 e. The Kier molecular flexibility index (Phi) is 5.99. The van der Waals surface area contributed by atoms with Crippen LogP contribution in [0.4, 0.5) is 5.69 Å². The van der Waals surface area contributed by atoms with Crippen LogP contribution in [0.2, 0.25) is 0 Å². The quantitative estimate of drug-likeness (QED) is 0.802. The monoisotopic (exact) mass is 368 g/mol. The molecule has 0 atom stereocenters. The molecule has 2 amide bonds. The van der Waals surface area contributed by atoms with Gasteiger partial charge in [0.15, 0.2) is 0 Å². The number of hydrogen-bond donors (Lipinski definition) is 1. The van der Waals surface area contributed by atoms with Gasteiger partial charge in [0, 0.05) is 29.2 Å². The maximum absolute atomic E-state index is 12.3. The molecule has 1 aliphatic heterocycles. The highest BCUT2D eigenvalue weighted by Crippen LogP contribution is 2.24. The fourth-order valence-electron chi connectivity index (χ4n) is 3.00. The highest BCUT2D eigenvalue weighted by Gasteiger charge is 2.19. The van der Waals surface area contributed by atoms with E-state index in [1.807, 2.05) is 4.90 Å². The van der Waals surface area contributed by atoms with Crippen molar-refractivity contribution in [2.45, 2.75) is 31.6 Å². The zero-order valence-corrected chi connectivity index (χ0v) is 16.1. The van der Waals surface area contributed by atoms with Crippen molar-refractivity contribution in [1.29, 1.82) is 0 Å². The molecule has 2 aromatic rings. The second-order valence-electron chi connectivity index (χ2n) is 6.68. The topological polar surface area (TPSA) is 49.4 Å². The number of likely N-dealkylation sites (tertiary alicyclic amines) is 1. The van der Waals surface area contributed by atoms with Gasteiger partial charge < -0.3 is 10.2 Å². The van der Waals surface area contributed by atoms with Gasteiger partial charge in [-0.1, -0.05) is 17.7 Å². The number of benzene rings is 2. The molecule has 0 aliphatic carbocycles. The van der Waals surface area contributed by atoms with Crippen molar-refractivity contribution >= 4 is 29.3 Å². The van der Waals surface area contributed by atoms with Gasteiger partial charge in [-0.15, -0.1) is 11.8 Å². The second kappa shape index (κ2) is 8.41. The van der Waals surface area contributed by atoms with Gasteiger partial charge in [-0.2, -0.15) is 0 Å². The summed E-state index contributed by atoms with van der Waals surface area (Å²) in [6.45, 7) is 5.78. The SMILES string of the molecule is Cc1ccc(C)c(SCC(=O)Nc2ccc(C(=O)N3CCCC3)cc2)c1. The third-order valence-corrected chi connectivity index (χ3v) is 5.67. The van der Waals surface area contributed by atoms with Crippen molar-refractivity contribution in [2.24, 2.45) is 0 Å². The van der Waals surface area contributed by atoms with E-state index in [4.69, 9.17) is 0 Å². The molecule has 136 valence electrons. The number of carbonyl (C=O) groups is 2. The molecule has 1 heterocycles. The van der Waals surface area contributed by atoms with Crippen LogP contribution in [0.25, 0.3) is 0 Å². The third kappa shape index (κ3) is 4.67. The zero-order valence-electron chi connectivity index (χ0n) is 15.2. The minimum absolute atomic E-state index is 0.0467. The van der Waals surface area contributed by atoms with Gasteiger partial charge in [0.2, 0.25) is 5.91 Å². The van der Waals surface area contributed by atoms with Crippen LogP contribution in [0.3, 0.4) is 0 Å². The summed E-state index contributed by atoms with van der Waals surface area (Å²) >= 11 is 1.54. The summed E-state index contributed by atoms with van der Waals surface area (Å²) in [5.41, 5.74) is 3.76. The molecule has 1 aliphatic rings. The van der Waals surface area contributed by atoms with Gasteiger partial charge in [0.25, 0.3) is 5.91 Å². The molecule has 1 fully saturated rings. The molecule has 2 aromatic carbocycles. The zero-order chi connectivity index (χ0) is 18.5. The molecule has 0 spiro atoms. The second-order valence-corrected chi connectivity index (χ2v) is 7.70. The Morgan fingerprint density at radius 3 is 2.42 bits per heavy atom. The molecule has 1 N–H and O–H groups in total. The standard InChI is InChI=1S/C21H24N2O2S/c1-15-5-6-16(2)19(13-15)26-14-20(24)22-18-9-7-17(8-10-18)21(25)23-11-3-4-12-23/h5-10,13H,3-4,11-12,14H2,1-2H3,(H,22,24). The number of amides is 2. The highest BCUT2D eigenvalue weighted by atomic mass is 32.2. The summed E-state index contributed by atoms with van der Waals surface area (Å²) in [6, 6.07) is 13.4. The Labute approximate surface area is 159 Å². The molecule has 0 radical (unpaired) electrons. The van der Waals surface area contributed by atoms with Crippen LogP contribution in [0.15, 0.2) is 47.4 Å². The molecule has 0 unspecified atom stereocenters. The number of thioether (sulfide) groups is 1. The maximum Gasteiger partial charge on any atom is 0.253 e. The largest absolute Gasteiger partial charge is 0.339 e. The molecule has 4 nitrogen and oxygen atoms in total. The Hall–Kier alpha value is -2.27. The highest BCUT2D eigenvalue weighted by molar-refractivity contribution is 8.00. The fraction of sp³-hybridized carbons (Fsp3) is 0.333. The van der Waals surface area contributed by atoms with Crippen molar-refractivity contribution in [1.82, 2.24) is 4.90 Å². The minimum atomic E-state index is -0.0467. The molecule has 3 rings (SSSR count). The molecule has 0 bridgehead atoms. The lowest BCUT2D eigenvalue weighted by Crippen LogP contribution is -2.27. The van der Waals surface area contributed by atoms with Crippen LogP contribution in [0.1, 0.15) is 34.3 Å². The Morgan fingerprint density at radius 1 is 1.04 bits per heavy atom. The van der Waals surface area contributed by atoms with E-state index in [2.05, 4.69) is 37.4 Å². The normalized spacial score (nSPS) is 13.7. The number of rotatable bonds is 5. The number of carbonyl (C=O) groups excluding carboxylic acids is 2. The lowest BCUT2D eigenvalue weighted by Gasteiger charge is -2.15. The number of anilines is 1. The molecular weight excluding hydrogens is 344 g/mol. The first kappa shape index (κ1) is 18.5. The molecule has 0 aromatic heterocycles. The van der Waals surface area contributed by atoms with Crippen LogP contribution in [-0.2, 0) is 4.79 Å². The number of nitrogens with one attached hydrogen (secondary N) is 1. The molecule has 0 saturated carbocycles. The lowest BCUT2D eigenvalue weighted by molar-refractivity contribution is -0.113. The summed E-state index contributed by atoms with van der Waals surface area (Å²) in [5.74, 6) is 0.388. The van der Waals surface area contributed by atoms with Gasteiger partial charge in [-0.25, -0.2) is 0 Å². The number of hydrogen-bond acceptors (Lipinski definition) is 3. The van der Waals surface area contributed by atoms with Crippen molar-refractivity contribution in [3.05, 3.63) is 59.2 Å². The maximum atomic E-state index is 12.3. The lowest BCUT2D eigenvalue weighted by atomic mass is 10.2. The summed E-state index contributed by atoms with van der Waals surface area (Å²) in [6.07, 6.45) is 2.16. The summed E-state index contributed by atoms with van der Waals surface area (Å²) in [7, 11) is 0. The fourth-order valence-corrected chi connectivity index (χ4v) is 3.93. The van der Waals surface area contributed by atoms with E-state index in [-0.39, 0.29) is 11.8 Å². The van der Waals surface area contributed by atoms with Crippen LogP contribution >= 0.6 is 11.8 Å². The smallest absolute Gasteiger partial charge is 0.253 e. The van der Waals surface area contributed by atoms with Gasteiger partial charge in [0.05, 0.1) is 5.75 Å². The Bertz CT molecular complexity index is 796. The van der Waals surface area contributed by atoms with Crippen molar-refractivity contribution in [2.75, 3.05) is 24.2 Å². The summed E-state index contributed by atoms with van der Waals surface area (Å²) < 4.78 is 0. The van der Waals surface area contributed by atoms with E-state index in [0.717, 1.165) is 36.5 Å². The van der Waals surface area contributed by atoms with Crippen LogP contribution in [-0.4, -0.2) is 35.6 Å². The molecule has 26 heavy (non-hydrogen) atoms. The van der Waals surface area contributed by atoms with Gasteiger partial charge in [-0.3, -0.25) is 9.59 Å². The summed E-state index contributed by atoms with van der Waals surface area (Å²) in [4.78, 5) is 27.6. The van der Waals surface area contributed by atoms with Crippen LogP contribution in [0.5, 0.6) is 0 Å². The molecule has 1 saturated heterocycles. The van der Waals surface area contributed by atoms with E-state index >= 15 is 0 Å². The average molecular weight is 369 g/mol. The molecule has 5 heteroatoms. The first-order chi connectivity index (χ1) is 12.5. The predicted molar refractivity (Wildman–Crippen MR) is 107 cm³/mol. The summed E-state index contributed by atoms with van der Waals surface area (Å²) in [5, 5.41) is 2.90. The predicted octanol–water partition coefficient (Wildman–Crippen LogP) is 4.27. The first-order valence-electron chi connectivity index (χ1n) is 8.92. The van der Waals surface area contributed by atoms with E-state index in [1.165, 1.54) is 11.1 Å². The van der Waals surface area contributed by atoms with Crippen LogP contribution in [0, 0.1) is 13.8 Å². The van der Waals surface area contributed by atoms with Gasteiger partial charge >= 0.3 is 0 Å². The first-order valence-corrected chi connectivity index (χ1v) is 9.91. The van der Waals surface area contributed by atoms with Gasteiger partial charge in [0.1, 0.15) is 0 Å². The number of aryl methyl sites for hydroxylation is 2. The van der Waals surface area contributed by atoms with E-state index in [9.17, 15) is 9.59 Å². The van der Waals surface area contributed by atoms with E-state index in [1.54, 1.807) is 36.0 Å². The van der Waals surface area contributed by atoms with Crippen LogP contribution < -0.4 is 5.32 Å². The Morgan fingerprint density at radius 2 is 1.73 bits per heavy atom. The Balaban J connectivity index is 1.54. The third-order valence-electron chi connectivity index (χ3n) is 4.51. The van der Waals surface area contributed by atoms with E-state index in [0.29, 0.717) is 11.3 Å². The van der Waals surface area contributed by atoms with E-state index < -0.39 is 0 Å². The van der Waals surface area contributed by atoms with Crippen molar-refractivity contribution in [3.63, 3.8) is 0 Å². The number of nitrogens with zero attached hydrogens (tertiary/aromatic N) is 1. The average Bonchev–Trinajstić information content (AvgIpc) is 3.17. The molecular formula is C21H24N2O2S. The van der Waals surface area contributed by atoms with Crippen molar-refractivity contribution in [3.8, 4) is 0 Å². The van der Waals surface area contributed by atoms with Gasteiger partial charge in [-0.05, 0) is 62.6 Å².